The quantitative estimate of drug-likeness (QED) is 0.814. The molecule has 1 aromatic heterocycles. The Bertz CT molecular complexity index is 455. The van der Waals surface area contributed by atoms with Crippen molar-refractivity contribution in [1.29, 1.82) is 0 Å². The Kier molecular flexibility index (Phi) is 3.76. The van der Waals surface area contributed by atoms with Crippen LogP contribution in [0, 0.1) is 0 Å². The maximum Gasteiger partial charge on any atom is 0.131 e. The van der Waals surface area contributed by atoms with Crippen LogP contribution in [-0.2, 0) is 12.4 Å². The number of aliphatic hydroxyl groups is 1. The lowest BCUT2D eigenvalue weighted by atomic mass is 10.2. The average molecular weight is 253 g/mol. The van der Waals surface area contributed by atoms with Crippen LogP contribution in [0.1, 0.15) is 11.3 Å². The summed E-state index contributed by atoms with van der Waals surface area (Å²) in [4.78, 5) is 1.13. The van der Waals surface area contributed by atoms with Crippen LogP contribution in [0.3, 0.4) is 0 Å². The highest BCUT2D eigenvalue weighted by Crippen LogP contribution is 2.25. The van der Waals surface area contributed by atoms with Gasteiger partial charge in [0.1, 0.15) is 10.7 Å². The summed E-state index contributed by atoms with van der Waals surface area (Å²) in [5.41, 5.74) is 7.45. The number of thioether (sulfide) groups is 1. The lowest BCUT2D eigenvalue weighted by molar-refractivity contribution is 0.282. The van der Waals surface area contributed by atoms with Crippen LogP contribution in [0.15, 0.2) is 29.2 Å². The highest BCUT2D eigenvalue weighted by atomic mass is 32.2. The second kappa shape index (κ2) is 5.29. The Morgan fingerprint density at radius 3 is 2.62 bits per heavy atom. The molecule has 84 valence electrons. The predicted molar refractivity (Wildman–Crippen MR) is 66.2 cm³/mol. The van der Waals surface area contributed by atoms with Crippen LogP contribution in [0.2, 0.25) is 0 Å². The second-order valence-electron chi connectivity index (χ2n) is 3.17. The molecular weight excluding hydrogens is 242 g/mol. The first-order chi connectivity index (χ1) is 7.79. The number of aliphatic hydroxyl groups excluding tert-OH is 1. The van der Waals surface area contributed by atoms with E-state index in [4.69, 9.17) is 10.8 Å². The van der Waals surface area contributed by atoms with Gasteiger partial charge in [0.2, 0.25) is 0 Å². The highest BCUT2D eigenvalue weighted by molar-refractivity contribution is 7.98. The minimum absolute atomic E-state index is 0.0773. The molecule has 16 heavy (non-hydrogen) atoms. The summed E-state index contributed by atoms with van der Waals surface area (Å²) >= 11 is 2.87. The van der Waals surface area contributed by atoms with Gasteiger partial charge in [-0.25, -0.2) is 0 Å². The summed E-state index contributed by atoms with van der Waals surface area (Å²) < 4.78 is 3.78. The van der Waals surface area contributed by atoms with E-state index in [2.05, 4.69) is 9.59 Å². The van der Waals surface area contributed by atoms with Crippen molar-refractivity contribution in [3.63, 3.8) is 0 Å². The molecule has 0 aliphatic rings. The monoisotopic (exact) mass is 253 g/mol. The molecule has 1 aromatic carbocycles. The van der Waals surface area contributed by atoms with Gasteiger partial charge in [-0.05, 0) is 17.7 Å². The molecule has 2 aromatic rings. The smallest absolute Gasteiger partial charge is 0.131 e. The summed E-state index contributed by atoms with van der Waals surface area (Å²) in [5, 5.41) is 13.5. The van der Waals surface area contributed by atoms with Gasteiger partial charge < -0.3 is 10.8 Å². The van der Waals surface area contributed by atoms with E-state index >= 15 is 0 Å². The fraction of sp³-hybridized carbons (Fsp3) is 0.200. The Morgan fingerprint density at radius 2 is 2.06 bits per heavy atom. The van der Waals surface area contributed by atoms with Gasteiger partial charge in [-0.15, -0.1) is 16.9 Å². The maximum atomic E-state index is 8.90. The number of nitrogen functional groups attached to an aromatic ring is 1. The molecule has 0 amide bonds. The standard InChI is InChI=1S/C10H11N3OS2/c11-10-9(12-13-16-10)6-15-8-3-1-7(5-14)2-4-8/h1-4,14H,5-6,11H2. The van der Waals surface area contributed by atoms with Crippen LogP contribution in [0.4, 0.5) is 5.00 Å². The van der Waals surface area contributed by atoms with Gasteiger partial charge >= 0.3 is 0 Å². The molecule has 0 radical (unpaired) electrons. The molecular formula is C10H11N3OS2. The van der Waals surface area contributed by atoms with Gasteiger partial charge in [-0.3, -0.25) is 0 Å². The molecule has 1 heterocycles. The number of nitrogens with two attached hydrogens (primary N) is 1. The lowest BCUT2D eigenvalue weighted by Gasteiger charge is -2.01. The molecule has 0 aliphatic heterocycles. The van der Waals surface area contributed by atoms with E-state index in [1.54, 1.807) is 11.8 Å². The summed E-state index contributed by atoms with van der Waals surface area (Å²) in [5.74, 6) is 0.723. The van der Waals surface area contributed by atoms with Gasteiger partial charge in [0, 0.05) is 22.2 Å². The first kappa shape index (κ1) is 11.4. The zero-order valence-corrected chi connectivity index (χ0v) is 10.1. The van der Waals surface area contributed by atoms with Gasteiger partial charge in [0.05, 0.1) is 6.61 Å². The van der Waals surface area contributed by atoms with Crippen molar-refractivity contribution >= 4 is 28.3 Å². The fourth-order valence-corrected chi connectivity index (χ4v) is 2.54. The number of rotatable bonds is 4. The topological polar surface area (TPSA) is 72.0 Å². The summed E-state index contributed by atoms with van der Waals surface area (Å²) in [6.45, 7) is 0.0773. The Labute approximate surface area is 102 Å². The summed E-state index contributed by atoms with van der Waals surface area (Å²) in [7, 11) is 0. The van der Waals surface area contributed by atoms with E-state index in [1.807, 2.05) is 24.3 Å². The summed E-state index contributed by atoms with van der Waals surface area (Å²) in [6.07, 6.45) is 0. The van der Waals surface area contributed by atoms with E-state index in [0.717, 1.165) is 21.9 Å². The Hall–Kier alpha value is -1.11. The van der Waals surface area contributed by atoms with Crippen molar-refractivity contribution in [1.82, 2.24) is 9.59 Å². The van der Waals surface area contributed by atoms with E-state index in [-0.39, 0.29) is 6.61 Å². The Morgan fingerprint density at radius 1 is 1.31 bits per heavy atom. The molecule has 2 rings (SSSR count). The molecule has 0 atom stereocenters. The van der Waals surface area contributed by atoms with Crippen molar-refractivity contribution in [3.8, 4) is 0 Å². The fourth-order valence-electron chi connectivity index (χ4n) is 1.16. The first-order valence-corrected chi connectivity index (χ1v) is 6.45. The lowest BCUT2D eigenvalue weighted by Crippen LogP contribution is -1.89. The molecule has 4 nitrogen and oxygen atoms in total. The molecule has 0 saturated heterocycles. The van der Waals surface area contributed by atoms with Gasteiger partial charge in [0.15, 0.2) is 0 Å². The van der Waals surface area contributed by atoms with E-state index in [0.29, 0.717) is 5.00 Å². The average Bonchev–Trinajstić information content (AvgIpc) is 2.73. The van der Waals surface area contributed by atoms with Crippen molar-refractivity contribution < 1.29 is 5.11 Å². The molecule has 6 heteroatoms. The van der Waals surface area contributed by atoms with E-state index in [9.17, 15) is 0 Å². The maximum absolute atomic E-state index is 8.90. The van der Waals surface area contributed by atoms with Crippen molar-refractivity contribution in [3.05, 3.63) is 35.5 Å². The number of benzene rings is 1. The second-order valence-corrected chi connectivity index (χ2v) is 5.01. The third-order valence-corrected chi connectivity index (χ3v) is 3.69. The minimum Gasteiger partial charge on any atom is -0.392 e. The van der Waals surface area contributed by atoms with Gasteiger partial charge in [0.25, 0.3) is 0 Å². The molecule has 0 aliphatic carbocycles. The molecule has 0 unspecified atom stereocenters. The van der Waals surface area contributed by atoms with Crippen LogP contribution in [0.5, 0.6) is 0 Å². The largest absolute Gasteiger partial charge is 0.392 e. The van der Waals surface area contributed by atoms with Gasteiger partial charge in [-0.2, -0.15) is 0 Å². The van der Waals surface area contributed by atoms with Crippen molar-refractivity contribution in [2.75, 3.05) is 5.73 Å². The van der Waals surface area contributed by atoms with E-state index < -0.39 is 0 Å². The van der Waals surface area contributed by atoms with Crippen LogP contribution >= 0.6 is 23.3 Å². The number of nitrogens with zero attached hydrogens (tertiary/aromatic N) is 2. The Balaban J connectivity index is 1.97. The first-order valence-electron chi connectivity index (χ1n) is 4.69. The van der Waals surface area contributed by atoms with Crippen LogP contribution in [0.25, 0.3) is 0 Å². The molecule has 0 fully saturated rings. The molecule has 0 bridgehead atoms. The number of hydrogen-bond donors (Lipinski definition) is 2. The molecule has 0 spiro atoms. The molecule has 3 N–H and O–H groups in total. The predicted octanol–water partition coefficient (Wildman–Crippen LogP) is 1.90. The third kappa shape index (κ3) is 2.72. The zero-order valence-electron chi connectivity index (χ0n) is 8.46. The number of hydrogen-bond acceptors (Lipinski definition) is 6. The third-order valence-electron chi connectivity index (χ3n) is 2.07. The summed E-state index contributed by atoms with van der Waals surface area (Å²) in [6, 6.07) is 7.77. The van der Waals surface area contributed by atoms with Gasteiger partial charge in [-0.1, -0.05) is 16.6 Å². The molecule has 0 saturated carbocycles. The van der Waals surface area contributed by atoms with Crippen LogP contribution in [-0.4, -0.2) is 14.7 Å². The van der Waals surface area contributed by atoms with Crippen LogP contribution < -0.4 is 5.73 Å². The van der Waals surface area contributed by atoms with Crippen molar-refractivity contribution in [2.24, 2.45) is 0 Å². The normalized spacial score (nSPS) is 10.6. The highest BCUT2D eigenvalue weighted by Gasteiger charge is 2.04. The van der Waals surface area contributed by atoms with E-state index in [1.165, 1.54) is 11.5 Å². The SMILES string of the molecule is Nc1snnc1CSc1ccc(CO)cc1. The van der Waals surface area contributed by atoms with Crippen molar-refractivity contribution in [2.45, 2.75) is 17.3 Å². The number of aromatic nitrogens is 2. The zero-order chi connectivity index (χ0) is 11.4. The number of anilines is 1. The minimum atomic E-state index is 0.0773.